The summed E-state index contributed by atoms with van der Waals surface area (Å²) in [6, 6.07) is 9.47. The Balaban J connectivity index is 1.18. The molecule has 8 nitrogen and oxygen atoms in total. The number of piperidine rings is 1. The SMILES string of the molecule is CN1CCCc2cc(CNC(=O)C3CCN(c4ccc5nnc(C(F)(F)F)n5n4)CC3)ccc21. The summed E-state index contributed by atoms with van der Waals surface area (Å²) in [5.41, 5.74) is 3.71. The van der Waals surface area contributed by atoms with Crippen molar-refractivity contribution < 1.29 is 18.0 Å². The molecule has 0 radical (unpaired) electrons. The number of carbonyl (C=O) groups is 1. The number of rotatable bonds is 4. The number of carbonyl (C=O) groups excluding carboxylic acids is 1. The van der Waals surface area contributed by atoms with E-state index in [1.165, 1.54) is 17.3 Å². The molecule has 0 unspecified atom stereocenters. The maximum atomic E-state index is 13.1. The van der Waals surface area contributed by atoms with Crippen LogP contribution in [0.15, 0.2) is 30.3 Å². The molecule has 2 aliphatic rings. The molecule has 34 heavy (non-hydrogen) atoms. The molecule has 4 heterocycles. The van der Waals surface area contributed by atoms with E-state index >= 15 is 0 Å². The number of hydrogen-bond acceptors (Lipinski definition) is 6. The zero-order valence-electron chi connectivity index (χ0n) is 18.8. The van der Waals surface area contributed by atoms with Gasteiger partial charge in [0.25, 0.3) is 5.82 Å². The van der Waals surface area contributed by atoms with E-state index in [0.29, 0.717) is 38.3 Å². The number of aryl methyl sites for hydroxylation is 1. The van der Waals surface area contributed by atoms with Crippen molar-refractivity contribution in [3.8, 4) is 0 Å². The molecule has 180 valence electrons. The molecule has 0 aliphatic carbocycles. The molecule has 2 aliphatic heterocycles. The highest BCUT2D eigenvalue weighted by atomic mass is 19.4. The third kappa shape index (κ3) is 4.38. The van der Waals surface area contributed by atoms with Crippen LogP contribution in [0.3, 0.4) is 0 Å². The minimum Gasteiger partial charge on any atom is -0.374 e. The molecule has 1 saturated heterocycles. The Morgan fingerprint density at radius 1 is 1.12 bits per heavy atom. The molecule has 1 fully saturated rings. The van der Waals surface area contributed by atoms with E-state index in [0.717, 1.165) is 29.5 Å². The monoisotopic (exact) mass is 473 g/mol. The predicted molar refractivity (Wildman–Crippen MR) is 121 cm³/mol. The lowest BCUT2D eigenvalue weighted by atomic mass is 9.95. The fourth-order valence-corrected chi connectivity index (χ4v) is 4.78. The molecule has 5 rings (SSSR count). The summed E-state index contributed by atoms with van der Waals surface area (Å²) in [6.07, 6.45) is -1.23. The van der Waals surface area contributed by atoms with E-state index < -0.39 is 12.0 Å². The Morgan fingerprint density at radius 2 is 1.91 bits per heavy atom. The summed E-state index contributed by atoms with van der Waals surface area (Å²) < 4.78 is 40.1. The number of alkyl halides is 3. The molecule has 2 aromatic heterocycles. The number of benzene rings is 1. The van der Waals surface area contributed by atoms with Gasteiger partial charge in [0, 0.05) is 44.8 Å². The summed E-state index contributed by atoms with van der Waals surface area (Å²) in [4.78, 5) is 16.9. The van der Waals surface area contributed by atoms with Gasteiger partial charge in [-0.25, -0.2) is 0 Å². The second kappa shape index (κ2) is 8.77. The van der Waals surface area contributed by atoms with Crippen LogP contribution in [0.5, 0.6) is 0 Å². The molecule has 3 aromatic rings. The number of anilines is 2. The van der Waals surface area contributed by atoms with Crippen LogP contribution < -0.4 is 15.1 Å². The molecular weight excluding hydrogens is 447 g/mol. The van der Waals surface area contributed by atoms with E-state index in [1.54, 1.807) is 6.07 Å². The van der Waals surface area contributed by atoms with Crippen LogP contribution in [0.4, 0.5) is 24.7 Å². The van der Waals surface area contributed by atoms with E-state index in [2.05, 4.69) is 50.8 Å². The number of amides is 1. The first kappa shape index (κ1) is 22.4. The lowest BCUT2D eigenvalue weighted by Crippen LogP contribution is -2.40. The van der Waals surface area contributed by atoms with Gasteiger partial charge in [-0.05, 0) is 55.0 Å². The van der Waals surface area contributed by atoms with Gasteiger partial charge in [-0.15, -0.1) is 15.3 Å². The van der Waals surface area contributed by atoms with Gasteiger partial charge in [0.1, 0.15) is 5.82 Å². The Bertz CT molecular complexity index is 1200. The van der Waals surface area contributed by atoms with Crippen molar-refractivity contribution in [2.75, 3.05) is 36.5 Å². The number of aromatic nitrogens is 4. The number of nitrogens with zero attached hydrogens (tertiary/aromatic N) is 6. The Labute approximate surface area is 194 Å². The molecule has 0 bridgehead atoms. The van der Waals surface area contributed by atoms with Crippen LogP contribution in [0.1, 0.15) is 36.2 Å². The smallest absolute Gasteiger partial charge is 0.374 e. The van der Waals surface area contributed by atoms with Gasteiger partial charge in [-0.1, -0.05) is 12.1 Å². The number of nitrogens with one attached hydrogen (secondary N) is 1. The number of fused-ring (bicyclic) bond motifs is 2. The lowest BCUT2D eigenvalue weighted by molar-refractivity contribution is -0.146. The topological polar surface area (TPSA) is 78.7 Å². The second-order valence-corrected chi connectivity index (χ2v) is 8.95. The quantitative estimate of drug-likeness (QED) is 0.628. The van der Waals surface area contributed by atoms with Crippen molar-refractivity contribution in [3.05, 3.63) is 47.3 Å². The van der Waals surface area contributed by atoms with Crippen molar-refractivity contribution in [2.24, 2.45) is 5.92 Å². The average molecular weight is 474 g/mol. The van der Waals surface area contributed by atoms with Crippen molar-refractivity contribution in [3.63, 3.8) is 0 Å². The third-order valence-corrected chi connectivity index (χ3v) is 6.65. The highest BCUT2D eigenvalue weighted by molar-refractivity contribution is 5.79. The molecule has 11 heteroatoms. The zero-order valence-corrected chi connectivity index (χ0v) is 18.8. The summed E-state index contributed by atoms with van der Waals surface area (Å²) in [5, 5.41) is 13.9. The minimum atomic E-state index is -4.63. The molecule has 1 N–H and O–H groups in total. The van der Waals surface area contributed by atoms with Gasteiger partial charge in [-0.2, -0.15) is 17.7 Å². The maximum absolute atomic E-state index is 13.1. The summed E-state index contributed by atoms with van der Waals surface area (Å²) in [5.74, 6) is -0.858. The van der Waals surface area contributed by atoms with Crippen LogP contribution in [-0.4, -0.2) is 52.4 Å². The highest BCUT2D eigenvalue weighted by Crippen LogP contribution is 2.29. The van der Waals surface area contributed by atoms with E-state index in [-0.39, 0.29) is 17.5 Å². The van der Waals surface area contributed by atoms with Crippen molar-refractivity contribution >= 4 is 23.1 Å². The first-order chi connectivity index (χ1) is 16.3. The largest absolute Gasteiger partial charge is 0.453 e. The average Bonchev–Trinajstić information content (AvgIpc) is 3.27. The van der Waals surface area contributed by atoms with Gasteiger partial charge < -0.3 is 15.1 Å². The van der Waals surface area contributed by atoms with Gasteiger partial charge in [-0.3, -0.25) is 4.79 Å². The van der Waals surface area contributed by atoms with Crippen LogP contribution in [-0.2, 0) is 23.9 Å². The van der Waals surface area contributed by atoms with Crippen molar-refractivity contribution in [2.45, 2.75) is 38.4 Å². The first-order valence-corrected chi connectivity index (χ1v) is 11.4. The zero-order chi connectivity index (χ0) is 23.9. The standard InChI is InChI=1S/C23H26F3N7O/c1-31-10-2-3-17-13-15(4-5-18(17)31)14-27-21(34)16-8-11-32(12-9-16)20-7-6-19-28-29-22(23(24,25)26)33(19)30-20/h4-7,13,16H,2-3,8-12,14H2,1H3,(H,27,34). The van der Waals surface area contributed by atoms with E-state index in [9.17, 15) is 18.0 Å². The van der Waals surface area contributed by atoms with Gasteiger partial charge in [0.05, 0.1) is 0 Å². The van der Waals surface area contributed by atoms with Gasteiger partial charge in [0.2, 0.25) is 5.91 Å². The molecule has 1 amide bonds. The Hall–Kier alpha value is -3.37. The van der Waals surface area contributed by atoms with E-state index in [1.807, 2.05) is 4.90 Å². The fourth-order valence-electron chi connectivity index (χ4n) is 4.78. The Kier molecular flexibility index (Phi) is 5.78. The molecule has 0 saturated carbocycles. The van der Waals surface area contributed by atoms with Crippen LogP contribution in [0.25, 0.3) is 5.65 Å². The molecular formula is C23H26F3N7O. The second-order valence-electron chi connectivity index (χ2n) is 8.95. The lowest BCUT2D eigenvalue weighted by Gasteiger charge is -2.32. The number of hydrogen-bond donors (Lipinski definition) is 1. The summed E-state index contributed by atoms with van der Waals surface area (Å²) in [7, 11) is 2.10. The third-order valence-electron chi connectivity index (χ3n) is 6.65. The van der Waals surface area contributed by atoms with Crippen molar-refractivity contribution in [1.82, 2.24) is 25.1 Å². The maximum Gasteiger partial charge on any atom is 0.453 e. The van der Waals surface area contributed by atoms with Crippen LogP contribution in [0.2, 0.25) is 0 Å². The Morgan fingerprint density at radius 3 is 2.68 bits per heavy atom. The summed E-state index contributed by atoms with van der Waals surface area (Å²) in [6.45, 7) is 2.62. The molecule has 0 spiro atoms. The highest BCUT2D eigenvalue weighted by Gasteiger charge is 2.38. The van der Waals surface area contributed by atoms with Crippen molar-refractivity contribution in [1.29, 1.82) is 0 Å². The molecule has 0 atom stereocenters. The predicted octanol–water partition coefficient (Wildman–Crippen LogP) is 3.06. The minimum absolute atomic E-state index is 0.0102. The summed E-state index contributed by atoms with van der Waals surface area (Å²) >= 11 is 0. The van der Waals surface area contributed by atoms with Gasteiger partial charge >= 0.3 is 6.18 Å². The number of halogens is 3. The van der Waals surface area contributed by atoms with Crippen LogP contribution >= 0.6 is 0 Å². The van der Waals surface area contributed by atoms with Gasteiger partial charge in [0.15, 0.2) is 5.65 Å². The van der Waals surface area contributed by atoms with E-state index in [4.69, 9.17) is 0 Å². The fraction of sp³-hybridized carbons (Fsp3) is 0.478. The molecule has 1 aromatic carbocycles. The first-order valence-electron chi connectivity index (χ1n) is 11.4. The van der Waals surface area contributed by atoms with Crippen LogP contribution in [0, 0.1) is 5.92 Å². The normalized spacial score (nSPS) is 17.2.